The monoisotopic (exact) mass is 378 g/mol. The predicted octanol–water partition coefficient (Wildman–Crippen LogP) is 5.24. The van der Waals surface area contributed by atoms with Crippen molar-refractivity contribution >= 4 is 35.0 Å². The number of anilines is 1. The summed E-state index contributed by atoms with van der Waals surface area (Å²) in [6.45, 7) is 1.44. The molecule has 1 atom stereocenters. The highest BCUT2D eigenvalue weighted by molar-refractivity contribution is 6.36. The molecule has 0 spiro atoms. The van der Waals surface area contributed by atoms with Crippen LogP contribution < -0.4 is 4.90 Å². The highest BCUT2D eigenvalue weighted by Crippen LogP contribution is 2.37. The van der Waals surface area contributed by atoms with Gasteiger partial charge in [-0.15, -0.1) is 0 Å². The maximum absolute atomic E-state index is 12.0. The van der Waals surface area contributed by atoms with Crippen LogP contribution in [0.1, 0.15) is 12.8 Å². The van der Waals surface area contributed by atoms with Gasteiger partial charge in [0.05, 0.1) is 5.69 Å². The Balaban J connectivity index is 2.01. The molecule has 1 fully saturated rings. The maximum Gasteiger partial charge on any atom is 0.411 e. The van der Waals surface area contributed by atoms with Gasteiger partial charge in [-0.2, -0.15) is 0 Å². The SMILES string of the molecule is CN1CCC[C@H]1CN(C(=O)O)c1ccccc1-c1ccc(Cl)cc1Cl. The molecule has 6 heteroatoms. The first kappa shape index (κ1) is 18.1. The number of nitrogens with zero attached hydrogens (tertiary/aromatic N) is 2. The van der Waals surface area contributed by atoms with E-state index in [4.69, 9.17) is 23.2 Å². The van der Waals surface area contributed by atoms with Crippen LogP contribution in [-0.2, 0) is 0 Å². The molecule has 132 valence electrons. The number of carboxylic acid groups (broad SMARTS) is 1. The Bertz CT molecular complexity index is 782. The van der Waals surface area contributed by atoms with Gasteiger partial charge in [0.15, 0.2) is 0 Å². The summed E-state index contributed by atoms with van der Waals surface area (Å²) in [6.07, 6.45) is 1.14. The quantitative estimate of drug-likeness (QED) is 0.790. The summed E-state index contributed by atoms with van der Waals surface area (Å²) >= 11 is 12.3. The minimum Gasteiger partial charge on any atom is -0.465 e. The van der Waals surface area contributed by atoms with Crippen molar-refractivity contribution in [3.8, 4) is 11.1 Å². The van der Waals surface area contributed by atoms with Gasteiger partial charge >= 0.3 is 6.09 Å². The number of likely N-dealkylation sites (N-methyl/N-ethyl adjacent to an activating group) is 1. The normalized spacial score (nSPS) is 17.6. The molecule has 0 saturated carbocycles. The molecule has 0 aromatic heterocycles. The van der Waals surface area contributed by atoms with Crippen molar-refractivity contribution in [3.63, 3.8) is 0 Å². The number of amides is 1. The van der Waals surface area contributed by atoms with Gasteiger partial charge in [-0.25, -0.2) is 4.79 Å². The Morgan fingerprint density at radius 2 is 2.00 bits per heavy atom. The zero-order chi connectivity index (χ0) is 18.0. The Labute approximate surface area is 157 Å². The Morgan fingerprint density at radius 1 is 1.24 bits per heavy atom. The molecule has 1 heterocycles. The van der Waals surface area contributed by atoms with Gasteiger partial charge in [-0.05, 0) is 44.6 Å². The van der Waals surface area contributed by atoms with Crippen molar-refractivity contribution in [1.29, 1.82) is 0 Å². The molecule has 4 nitrogen and oxygen atoms in total. The average Bonchev–Trinajstić information content (AvgIpc) is 2.97. The lowest BCUT2D eigenvalue weighted by molar-refractivity contribution is 0.198. The topological polar surface area (TPSA) is 43.8 Å². The maximum atomic E-state index is 12.0. The van der Waals surface area contributed by atoms with Crippen molar-refractivity contribution in [2.45, 2.75) is 18.9 Å². The zero-order valence-corrected chi connectivity index (χ0v) is 15.5. The third kappa shape index (κ3) is 3.92. The Hall–Kier alpha value is -1.75. The van der Waals surface area contributed by atoms with Crippen LogP contribution >= 0.6 is 23.2 Å². The minimum absolute atomic E-state index is 0.227. The van der Waals surface area contributed by atoms with E-state index in [0.717, 1.165) is 30.5 Å². The van der Waals surface area contributed by atoms with Gasteiger partial charge in [0.1, 0.15) is 0 Å². The lowest BCUT2D eigenvalue weighted by Crippen LogP contribution is -2.41. The van der Waals surface area contributed by atoms with E-state index >= 15 is 0 Å². The Morgan fingerprint density at radius 3 is 2.64 bits per heavy atom. The molecule has 0 radical (unpaired) electrons. The molecule has 1 N–H and O–H groups in total. The molecule has 1 aliphatic rings. The highest BCUT2D eigenvalue weighted by Gasteiger charge is 2.28. The lowest BCUT2D eigenvalue weighted by Gasteiger charge is -2.28. The van der Waals surface area contributed by atoms with E-state index in [0.29, 0.717) is 22.3 Å². The lowest BCUT2D eigenvalue weighted by atomic mass is 10.0. The fourth-order valence-electron chi connectivity index (χ4n) is 3.34. The standard InChI is InChI=1S/C19H20Cl2N2O2/c1-22-10-4-5-14(22)12-23(19(24)25)18-7-3-2-6-16(18)15-9-8-13(20)11-17(15)21/h2-3,6-9,11,14H,4-5,10,12H2,1H3,(H,24,25)/t14-/m0/s1. The van der Waals surface area contributed by atoms with Crippen molar-refractivity contribution in [2.24, 2.45) is 0 Å². The molecule has 1 saturated heterocycles. The van der Waals surface area contributed by atoms with Crippen LogP contribution in [-0.4, -0.2) is 42.3 Å². The second-order valence-electron chi connectivity index (χ2n) is 6.31. The molecule has 2 aromatic carbocycles. The van der Waals surface area contributed by atoms with Crippen LogP contribution in [0.5, 0.6) is 0 Å². The van der Waals surface area contributed by atoms with Gasteiger partial charge in [-0.3, -0.25) is 4.90 Å². The van der Waals surface area contributed by atoms with Crippen molar-refractivity contribution in [3.05, 3.63) is 52.5 Å². The summed E-state index contributed by atoms with van der Waals surface area (Å²) in [5.74, 6) is 0. The highest BCUT2D eigenvalue weighted by atomic mass is 35.5. The average molecular weight is 379 g/mol. The van der Waals surface area contributed by atoms with Crippen molar-refractivity contribution in [1.82, 2.24) is 4.90 Å². The number of hydrogen-bond acceptors (Lipinski definition) is 2. The Kier molecular flexibility index (Phi) is 5.52. The number of halogens is 2. The molecule has 1 amide bonds. The van der Waals surface area contributed by atoms with E-state index in [1.807, 2.05) is 37.4 Å². The molecule has 3 rings (SSSR count). The zero-order valence-electron chi connectivity index (χ0n) is 14.0. The molecular formula is C19H20Cl2N2O2. The summed E-state index contributed by atoms with van der Waals surface area (Å²) in [7, 11) is 2.04. The van der Waals surface area contributed by atoms with E-state index in [-0.39, 0.29) is 6.04 Å². The second kappa shape index (κ2) is 7.65. The first-order valence-electron chi connectivity index (χ1n) is 8.22. The van der Waals surface area contributed by atoms with Crippen LogP contribution in [0, 0.1) is 0 Å². The van der Waals surface area contributed by atoms with Gasteiger partial charge in [0.25, 0.3) is 0 Å². The van der Waals surface area contributed by atoms with Crippen molar-refractivity contribution in [2.75, 3.05) is 25.0 Å². The predicted molar refractivity (Wildman–Crippen MR) is 103 cm³/mol. The fourth-order valence-corrected chi connectivity index (χ4v) is 3.86. The van der Waals surface area contributed by atoms with Crippen LogP contribution in [0.15, 0.2) is 42.5 Å². The third-order valence-electron chi connectivity index (χ3n) is 4.71. The van der Waals surface area contributed by atoms with Gasteiger partial charge in [0.2, 0.25) is 0 Å². The summed E-state index contributed by atoms with van der Waals surface area (Å²) in [5, 5.41) is 10.9. The summed E-state index contributed by atoms with van der Waals surface area (Å²) in [6, 6.07) is 12.9. The van der Waals surface area contributed by atoms with E-state index < -0.39 is 6.09 Å². The summed E-state index contributed by atoms with van der Waals surface area (Å²) < 4.78 is 0. The number of carbonyl (C=O) groups is 1. The van der Waals surface area contributed by atoms with Crippen molar-refractivity contribution < 1.29 is 9.90 Å². The van der Waals surface area contributed by atoms with E-state index in [9.17, 15) is 9.90 Å². The molecule has 2 aromatic rings. The minimum atomic E-state index is -0.960. The first-order valence-corrected chi connectivity index (χ1v) is 8.98. The van der Waals surface area contributed by atoms with Crippen LogP contribution in [0.4, 0.5) is 10.5 Å². The number of para-hydroxylation sites is 1. The van der Waals surface area contributed by atoms with E-state index in [2.05, 4.69) is 4.90 Å². The molecular weight excluding hydrogens is 359 g/mol. The number of hydrogen-bond donors (Lipinski definition) is 1. The molecule has 0 bridgehead atoms. The first-order chi connectivity index (χ1) is 12.0. The van der Waals surface area contributed by atoms with Gasteiger partial charge < -0.3 is 10.0 Å². The summed E-state index contributed by atoms with van der Waals surface area (Å²) in [5.41, 5.74) is 2.19. The molecule has 0 unspecified atom stereocenters. The van der Waals surface area contributed by atoms with Gasteiger partial charge in [0, 0.05) is 33.8 Å². The van der Waals surface area contributed by atoms with E-state index in [1.165, 1.54) is 4.90 Å². The number of benzene rings is 2. The van der Waals surface area contributed by atoms with E-state index in [1.54, 1.807) is 12.1 Å². The smallest absolute Gasteiger partial charge is 0.411 e. The van der Waals surface area contributed by atoms with Crippen LogP contribution in [0.3, 0.4) is 0 Å². The molecule has 0 aliphatic carbocycles. The number of likely N-dealkylation sites (tertiary alicyclic amines) is 1. The summed E-state index contributed by atoms with van der Waals surface area (Å²) in [4.78, 5) is 15.6. The van der Waals surface area contributed by atoms with Crippen LogP contribution in [0.25, 0.3) is 11.1 Å². The molecule has 1 aliphatic heterocycles. The largest absolute Gasteiger partial charge is 0.465 e. The van der Waals surface area contributed by atoms with Gasteiger partial charge in [-0.1, -0.05) is 47.5 Å². The van der Waals surface area contributed by atoms with Crippen LogP contribution in [0.2, 0.25) is 10.0 Å². The molecule has 25 heavy (non-hydrogen) atoms. The fraction of sp³-hybridized carbons (Fsp3) is 0.316. The number of rotatable bonds is 4. The third-order valence-corrected chi connectivity index (χ3v) is 5.26. The second-order valence-corrected chi connectivity index (χ2v) is 7.15.